The van der Waals surface area contributed by atoms with Crippen LogP contribution in [0.4, 0.5) is 5.69 Å². The molecule has 186 valence electrons. The van der Waals surface area contributed by atoms with Gasteiger partial charge in [0.2, 0.25) is 11.8 Å². The maximum Gasteiger partial charge on any atom is 0.238 e. The van der Waals surface area contributed by atoms with Crippen LogP contribution in [0.2, 0.25) is 5.02 Å². The van der Waals surface area contributed by atoms with E-state index in [0.717, 1.165) is 11.1 Å². The van der Waals surface area contributed by atoms with Gasteiger partial charge in [0.15, 0.2) is 11.6 Å². The van der Waals surface area contributed by atoms with Gasteiger partial charge >= 0.3 is 0 Å². The molecule has 4 atom stereocenters. The van der Waals surface area contributed by atoms with Crippen molar-refractivity contribution in [3.05, 3.63) is 92.0 Å². The van der Waals surface area contributed by atoms with Gasteiger partial charge in [-0.05, 0) is 65.4 Å². The lowest BCUT2D eigenvalue weighted by atomic mass is 9.59. The number of imide groups is 1. The van der Waals surface area contributed by atoms with Crippen LogP contribution in [0.15, 0.2) is 75.8 Å². The Hall–Kier alpha value is -3.29. The molecule has 2 amide bonds. The van der Waals surface area contributed by atoms with Crippen molar-refractivity contribution >= 4 is 56.6 Å². The highest BCUT2D eigenvalue weighted by molar-refractivity contribution is 9.12. The van der Waals surface area contributed by atoms with E-state index in [-0.39, 0.29) is 40.0 Å². The third-order valence-corrected chi connectivity index (χ3v) is 8.99. The van der Waals surface area contributed by atoms with Crippen molar-refractivity contribution in [3.63, 3.8) is 0 Å². The minimum Gasteiger partial charge on any atom is -0.508 e. The van der Waals surface area contributed by atoms with Gasteiger partial charge in [-0.1, -0.05) is 47.5 Å². The molecular formula is C29H21BrClNO5. The molecule has 4 unspecified atom stereocenters. The lowest BCUT2D eigenvalue weighted by molar-refractivity contribution is -0.123. The maximum atomic E-state index is 13.9. The molecule has 6 nitrogen and oxygen atoms in total. The summed E-state index contributed by atoms with van der Waals surface area (Å²) in [5.41, 5.74) is 3.20. The number of phenolic OH excluding ortho intramolecular Hbond substituents is 1. The Balaban J connectivity index is 1.49. The highest BCUT2D eigenvalue weighted by Gasteiger charge is 2.56. The summed E-state index contributed by atoms with van der Waals surface area (Å²) >= 11 is 9.52. The van der Waals surface area contributed by atoms with Gasteiger partial charge in [-0.15, -0.1) is 0 Å². The summed E-state index contributed by atoms with van der Waals surface area (Å²) in [5, 5.41) is 11.2. The van der Waals surface area contributed by atoms with Crippen molar-refractivity contribution in [1.82, 2.24) is 0 Å². The molecular weight excluding hydrogens is 558 g/mol. The van der Waals surface area contributed by atoms with Gasteiger partial charge in [-0.2, -0.15) is 0 Å². The molecule has 3 aliphatic carbocycles. The Labute approximate surface area is 226 Å². The van der Waals surface area contributed by atoms with Gasteiger partial charge in [0.1, 0.15) is 5.75 Å². The summed E-state index contributed by atoms with van der Waals surface area (Å²) in [5.74, 6) is -3.68. The van der Waals surface area contributed by atoms with Crippen molar-refractivity contribution in [1.29, 1.82) is 0 Å². The monoisotopic (exact) mass is 577 g/mol. The highest BCUT2D eigenvalue weighted by Crippen LogP contribution is 2.56. The number of nitrogens with zero attached hydrogens (tertiary/aromatic N) is 1. The van der Waals surface area contributed by atoms with Gasteiger partial charge in [-0.25, -0.2) is 4.90 Å². The fourth-order valence-corrected chi connectivity index (χ4v) is 6.89. The summed E-state index contributed by atoms with van der Waals surface area (Å²) in [6.07, 6.45) is 3.69. The second-order valence-electron chi connectivity index (χ2n) is 9.90. The molecule has 6 rings (SSSR count). The number of anilines is 1. The van der Waals surface area contributed by atoms with Crippen molar-refractivity contribution in [2.45, 2.75) is 25.7 Å². The number of carbonyl (C=O) groups is 4. The van der Waals surface area contributed by atoms with Crippen LogP contribution in [0, 0.1) is 24.7 Å². The SMILES string of the molecule is Cc1ccc(N2C(=O)C3CC=C4C(c5ccccc5O)C5=C(CC4C3C2=O)C(=O)C(Br)=CC5=O)cc1Cl. The molecule has 0 radical (unpaired) electrons. The molecule has 37 heavy (non-hydrogen) atoms. The van der Waals surface area contributed by atoms with Crippen LogP contribution in [0.3, 0.4) is 0 Å². The molecule has 2 aromatic carbocycles. The molecule has 4 aliphatic rings. The van der Waals surface area contributed by atoms with Gasteiger partial charge in [0, 0.05) is 33.7 Å². The number of hydrogen-bond acceptors (Lipinski definition) is 5. The van der Waals surface area contributed by atoms with E-state index in [1.807, 2.05) is 13.0 Å². The van der Waals surface area contributed by atoms with Crippen LogP contribution in [-0.2, 0) is 19.2 Å². The molecule has 1 N–H and O–H groups in total. The Morgan fingerprint density at radius 2 is 1.78 bits per heavy atom. The molecule has 1 heterocycles. The van der Waals surface area contributed by atoms with E-state index in [2.05, 4.69) is 15.9 Å². The number of Topliss-reactive ketones (excluding diaryl/α,β-unsaturated/α-hetero) is 1. The lowest BCUT2D eigenvalue weighted by Gasteiger charge is -2.42. The molecule has 0 bridgehead atoms. The topological polar surface area (TPSA) is 91.8 Å². The summed E-state index contributed by atoms with van der Waals surface area (Å²) in [7, 11) is 0. The predicted octanol–water partition coefficient (Wildman–Crippen LogP) is 5.32. The molecule has 0 aromatic heterocycles. The number of amides is 2. The molecule has 2 aromatic rings. The third kappa shape index (κ3) is 3.51. The summed E-state index contributed by atoms with van der Waals surface area (Å²) < 4.78 is 0.164. The number of benzene rings is 2. The molecule has 8 heteroatoms. The number of phenols is 1. The fourth-order valence-electron chi connectivity index (χ4n) is 6.27. The molecule has 0 saturated carbocycles. The minimum atomic E-state index is -0.692. The Morgan fingerprint density at radius 1 is 1.03 bits per heavy atom. The first-order chi connectivity index (χ1) is 17.7. The van der Waals surface area contributed by atoms with Crippen LogP contribution in [0.1, 0.15) is 29.9 Å². The van der Waals surface area contributed by atoms with Crippen LogP contribution in [-0.4, -0.2) is 28.5 Å². The van der Waals surface area contributed by atoms with Gasteiger partial charge in [-0.3, -0.25) is 19.2 Å². The first-order valence-corrected chi connectivity index (χ1v) is 13.2. The quantitative estimate of drug-likeness (QED) is 0.296. The maximum absolute atomic E-state index is 13.9. The standard InChI is InChI=1S/C29H21BrClNO5/c1-13-6-7-14(10-21(13)31)32-28(36)17-9-8-15-18(25(17)29(32)37)11-19-26(23(34)12-20(30)27(19)35)24(15)16-4-2-3-5-22(16)33/h2-8,10,12,17-18,24-25,33H,9,11H2,1H3. The number of carbonyl (C=O) groups excluding carboxylic acids is 4. The van der Waals surface area contributed by atoms with E-state index in [4.69, 9.17) is 11.6 Å². The summed E-state index contributed by atoms with van der Waals surface area (Å²) in [6.45, 7) is 1.84. The summed E-state index contributed by atoms with van der Waals surface area (Å²) in [4.78, 5) is 55.1. The van der Waals surface area contributed by atoms with Crippen LogP contribution >= 0.6 is 27.5 Å². The molecule has 1 saturated heterocycles. The van der Waals surface area contributed by atoms with Crippen molar-refractivity contribution in [3.8, 4) is 5.75 Å². The first-order valence-electron chi connectivity index (χ1n) is 12.0. The number of halogens is 2. The normalized spacial score (nSPS) is 27.1. The smallest absolute Gasteiger partial charge is 0.238 e. The van der Waals surface area contributed by atoms with Crippen LogP contribution in [0.25, 0.3) is 0 Å². The van der Waals surface area contributed by atoms with E-state index in [1.54, 1.807) is 42.5 Å². The number of aryl methyl sites for hydroxylation is 1. The van der Waals surface area contributed by atoms with Gasteiger partial charge in [0.25, 0.3) is 0 Å². The number of ketones is 2. The Bertz CT molecular complexity index is 1540. The predicted molar refractivity (Wildman–Crippen MR) is 141 cm³/mol. The highest BCUT2D eigenvalue weighted by atomic mass is 79.9. The Morgan fingerprint density at radius 3 is 2.51 bits per heavy atom. The molecule has 0 spiro atoms. The van der Waals surface area contributed by atoms with Crippen molar-refractivity contribution in [2.75, 3.05) is 4.90 Å². The fraction of sp³-hybridized carbons (Fsp3) is 0.241. The average Bonchev–Trinajstić information content (AvgIpc) is 3.13. The summed E-state index contributed by atoms with van der Waals surface area (Å²) in [6, 6.07) is 11.8. The van der Waals surface area contributed by atoms with Crippen LogP contribution in [0.5, 0.6) is 5.75 Å². The number of rotatable bonds is 2. The zero-order valence-corrected chi connectivity index (χ0v) is 22.0. The largest absolute Gasteiger partial charge is 0.508 e. The third-order valence-electron chi connectivity index (χ3n) is 7.99. The Kier molecular flexibility index (Phi) is 5.62. The molecule has 1 aliphatic heterocycles. The second kappa shape index (κ2) is 8.64. The van der Waals surface area contributed by atoms with E-state index in [9.17, 15) is 24.3 Å². The van der Waals surface area contributed by atoms with Crippen LogP contribution < -0.4 is 4.90 Å². The molecule has 1 fully saturated rings. The van der Waals surface area contributed by atoms with E-state index in [1.165, 1.54) is 11.0 Å². The van der Waals surface area contributed by atoms with E-state index < -0.39 is 23.7 Å². The average molecular weight is 579 g/mol. The second-order valence-corrected chi connectivity index (χ2v) is 11.2. The number of fused-ring (bicyclic) bond motifs is 3. The zero-order valence-electron chi connectivity index (χ0n) is 19.7. The number of para-hydroxylation sites is 1. The lowest BCUT2D eigenvalue weighted by Crippen LogP contribution is -2.39. The van der Waals surface area contributed by atoms with Crippen molar-refractivity contribution in [2.24, 2.45) is 17.8 Å². The minimum absolute atomic E-state index is 0.00152. The van der Waals surface area contributed by atoms with Gasteiger partial charge in [0.05, 0.1) is 22.0 Å². The number of hydrogen-bond donors (Lipinski definition) is 1. The van der Waals surface area contributed by atoms with Crippen molar-refractivity contribution < 1.29 is 24.3 Å². The zero-order chi connectivity index (χ0) is 26.2. The number of aromatic hydroxyl groups is 1. The van der Waals surface area contributed by atoms with E-state index in [0.29, 0.717) is 33.8 Å². The van der Waals surface area contributed by atoms with E-state index >= 15 is 0 Å². The number of allylic oxidation sites excluding steroid dienone is 6. The van der Waals surface area contributed by atoms with Gasteiger partial charge < -0.3 is 5.11 Å². The first kappa shape index (κ1) is 24.1.